The highest BCUT2D eigenvalue weighted by atomic mass is 35.5. The Hall–Kier alpha value is -3.55. The minimum absolute atomic E-state index is 0.0226. The van der Waals surface area contributed by atoms with Crippen molar-refractivity contribution in [3.8, 4) is 0 Å². The Labute approximate surface area is 213 Å². The van der Waals surface area contributed by atoms with Crippen LogP contribution in [0.2, 0.25) is 5.02 Å². The van der Waals surface area contributed by atoms with Crippen LogP contribution in [0.25, 0.3) is 6.08 Å². The Morgan fingerprint density at radius 1 is 1.08 bits per heavy atom. The van der Waals surface area contributed by atoms with Crippen molar-refractivity contribution in [2.24, 2.45) is 0 Å². The molecule has 1 saturated heterocycles. The molecule has 0 saturated carbocycles. The third-order valence-corrected chi connectivity index (χ3v) is 7.52. The van der Waals surface area contributed by atoms with Gasteiger partial charge in [0.25, 0.3) is 11.6 Å². The van der Waals surface area contributed by atoms with Gasteiger partial charge in [0.1, 0.15) is 10.8 Å². The molecule has 0 N–H and O–H groups in total. The maximum absolute atomic E-state index is 14.3. The second-order valence-corrected chi connectivity index (χ2v) is 9.78. The molecule has 6 nitrogen and oxygen atoms in total. The van der Waals surface area contributed by atoms with Crippen LogP contribution in [0.1, 0.15) is 34.3 Å². The summed E-state index contributed by atoms with van der Waals surface area (Å²) in [7, 11) is 0. The van der Waals surface area contributed by atoms with Gasteiger partial charge in [0.15, 0.2) is 0 Å². The van der Waals surface area contributed by atoms with E-state index in [1.54, 1.807) is 11.0 Å². The summed E-state index contributed by atoms with van der Waals surface area (Å²) in [6.45, 7) is 2.87. The molecule has 5 rings (SSSR count). The molecule has 2 heterocycles. The van der Waals surface area contributed by atoms with E-state index in [1.165, 1.54) is 30.3 Å². The second-order valence-electron chi connectivity index (χ2n) is 9.37. The quantitative estimate of drug-likeness (QED) is 0.310. The minimum atomic E-state index is -0.601. The molecular formula is C28H25ClFN3O3. The number of likely N-dealkylation sites (tertiary alicyclic amines) is 1. The second kappa shape index (κ2) is 9.84. The van der Waals surface area contributed by atoms with Crippen molar-refractivity contribution in [2.45, 2.75) is 18.3 Å². The molecule has 0 atom stereocenters. The van der Waals surface area contributed by atoms with E-state index in [0.29, 0.717) is 12.2 Å². The average molecular weight is 506 g/mol. The highest BCUT2D eigenvalue weighted by molar-refractivity contribution is 6.32. The van der Waals surface area contributed by atoms with E-state index >= 15 is 0 Å². The summed E-state index contributed by atoms with van der Waals surface area (Å²) in [5, 5.41) is 11.3. The number of piperidine rings is 1. The van der Waals surface area contributed by atoms with Gasteiger partial charge in [-0.2, -0.15) is 0 Å². The van der Waals surface area contributed by atoms with E-state index in [1.807, 2.05) is 18.2 Å². The topological polar surface area (TPSA) is 66.7 Å². The van der Waals surface area contributed by atoms with Crippen LogP contribution in [-0.2, 0) is 5.41 Å². The Kier molecular flexibility index (Phi) is 6.60. The van der Waals surface area contributed by atoms with Gasteiger partial charge in [0.05, 0.1) is 4.92 Å². The molecule has 0 bridgehead atoms. The number of hydrogen-bond donors (Lipinski definition) is 0. The number of nitro benzene ring substituents is 1. The van der Waals surface area contributed by atoms with Crippen molar-refractivity contribution in [2.75, 3.05) is 31.1 Å². The zero-order chi connectivity index (χ0) is 25.3. The van der Waals surface area contributed by atoms with Crippen LogP contribution in [0, 0.1) is 15.9 Å². The van der Waals surface area contributed by atoms with Gasteiger partial charge in [0.2, 0.25) is 0 Å². The number of carbonyl (C=O) groups is 1. The summed E-state index contributed by atoms with van der Waals surface area (Å²) >= 11 is 5.94. The molecule has 36 heavy (non-hydrogen) atoms. The number of rotatable bonds is 5. The molecule has 3 aromatic carbocycles. The monoisotopic (exact) mass is 505 g/mol. The van der Waals surface area contributed by atoms with Crippen LogP contribution in [0.3, 0.4) is 0 Å². The van der Waals surface area contributed by atoms with Gasteiger partial charge in [0, 0.05) is 35.8 Å². The molecule has 2 aliphatic rings. The highest BCUT2D eigenvalue weighted by Gasteiger charge is 2.46. The molecule has 184 valence electrons. The van der Waals surface area contributed by atoms with Gasteiger partial charge in [-0.25, -0.2) is 4.39 Å². The fourth-order valence-corrected chi connectivity index (χ4v) is 5.44. The van der Waals surface area contributed by atoms with Crippen LogP contribution < -0.4 is 4.90 Å². The third-order valence-electron chi connectivity index (χ3n) is 7.20. The predicted octanol–water partition coefficient (Wildman–Crippen LogP) is 6.09. The first kappa shape index (κ1) is 24.2. The Balaban J connectivity index is 1.35. The summed E-state index contributed by atoms with van der Waals surface area (Å²) in [6.07, 6.45) is 5.83. The molecule has 1 amide bonds. The summed E-state index contributed by atoms with van der Waals surface area (Å²) in [6, 6.07) is 18.7. The van der Waals surface area contributed by atoms with Crippen LogP contribution in [-0.4, -0.2) is 41.9 Å². The lowest BCUT2D eigenvalue weighted by Crippen LogP contribution is -2.46. The van der Waals surface area contributed by atoms with Gasteiger partial charge in [-0.05, 0) is 67.4 Å². The standard InChI is InChI=1S/C28H25ClFN3O3/c29-24-10-8-21(17-26(24)33(35)36)27(34)32-19-28(23-18-22(30)9-11-25(23)32)12-15-31(16-13-28)14-4-7-20-5-2-1-3-6-20/h1-11,17-18H,12-16,19H2. The summed E-state index contributed by atoms with van der Waals surface area (Å²) in [4.78, 5) is 28.2. The first-order valence-corrected chi connectivity index (χ1v) is 12.2. The van der Waals surface area contributed by atoms with Crippen molar-refractivity contribution >= 4 is 35.0 Å². The number of carbonyl (C=O) groups excluding carboxylic acids is 1. The number of nitrogens with zero attached hydrogens (tertiary/aromatic N) is 3. The Morgan fingerprint density at radius 2 is 1.83 bits per heavy atom. The van der Waals surface area contributed by atoms with Gasteiger partial charge in [-0.15, -0.1) is 0 Å². The fourth-order valence-electron chi connectivity index (χ4n) is 5.26. The zero-order valence-electron chi connectivity index (χ0n) is 19.6. The molecule has 0 radical (unpaired) electrons. The molecule has 1 spiro atoms. The molecule has 0 unspecified atom stereocenters. The third kappa shape index (κ3) is 4.64. The molecule has 0 aliphatic carbocycles. The largest absolute Gasteiger partial charge is 0.307 e. The van der Waals surface area contributed by atoms with Crippen molar-refractivity contribution in [3.63, 3.8) is 0 Å². The molecule has 1 fully saturated rings. The zero-order valence-corrected chi connectivity index (χ0v) is 20.3. The van der Waals surface area contributed by atoms with Gasteiger partial charge in [-0.3, -0.25) is 19.8 Å². The van der Waals surface area contributed by atoms with Crippen LogP contribution >= 0.6 is 11.6 Å². The number of fused-ring (bicyclic) bond motifs is 2. The smallest absolute Gasteiger partial charge is 0.288 e. The fraction of sp³-hybridized carbons (Fsp3) is 0.250. The number of anilines is 1. The molecular weight excluding hydrogens is 481 g/mol. The molecule has 2 aliphatic heterocycles. The SMILES string of the molecule is O=C(c1ccc(Cl)c([N+](=O)[O-])c1)N1CC2(CCN(CC=Cc3ccccc3)CC2)c2cc(F)ccc21. The van der Waals surface area contributed by atoms with Gasteiger partial charge < -0.3 is 4.90 Å². The Bertz CT molecular complexity index is 1340. The molecule has 8 heteroatoms. The number of nitro groups is 1. The van der Waals surface area contributed by atoms with Crippen molar-refractivity contribution in [1.82, 2.24) is 4.90 Å². The summed E-state index contributed by atoms with van der Waals surface area (Å²) < 4.78 is 14.3. The van der Waals surface area contributed by atoms with E-state index in [0.717, 1.165) is 43.6 Å². The number of halogens is 2. The van der Waals surface area contributed by atoms with Crippen molar-refractivity contribution in [3.05, 3.63) is 110 Å². The lowest BCUT2D eigenvalue weighted by atomic mass is 9.74. The Morgan fingerprint density at radius 3 is 2.56 bits per heavy atom. The van der Waals surface area contributed by atoms with Crippen molar-refractivity contribution in [1.29, 1.82) is 0 Å². The van der Waals surface area contributed by atoms with Crippen LogP contribution in [0.4, 0.5) is 15.8 Å². The lowest BCUT2D eigenvalue weighted by molar-refractivity contribution is -0.384. The highest BCUT2D eigenvalue weighted by Crippen LogP contribution is 2.48. The number of amides is 1. The van der Waals surface area contributed by atoms with Gasteiger partial charge in [-0.1, -0.05) is 54.1 Å². The summed E-state index contributed by atoms with van der Waals surface area (Å²) in [5.41, 5.74) is 2.16. The van der Waals surface area contributed by atoms with Crippen molar-refractivity contribution < 1.29 is 14.1 Å². The van der Waals surface area contributed by atoms with Gasteiger partial charge >= 0.3 is 0 Å². The number of benzene rings is 3. The van der Waals surface area contributed by atoms with E-state index in [-0.39, 0.29) is 33.4 Å². The van der Waals surface area contributed by atoms with E-state index in [4.69, 9.17) is 11.6 Å². The number of hydrogen-bond acceptors (Lipinski definition) is 4. The normalized spacial score (nSPS) is 17.0. The molecule has 3 aromatic rings. The predicted molar refractivity (Wildman–Crippen MR) is 139 cm³/mol. The summed E-state index contributed by atoms with van der Waals surface area (Å²) in [5.74, 6) is -0.689. The first-order valence-electron chi connectivity index (χ1n) is 11.9. The lowest BCUT2D eigenvalue weighted by Gasteiger charge is -2.39. The average Bonchev–Trinajstić information content (AvgIpc) is 3.18. The minimum Gasteiger partial charge on any atom is -0.307 e. The molecule has 0 aromatic heterocycles. The van der Waals surface area contributed by atoms with E-state index < -0.39 is 4.92 Å². The van der Waals surface area contributed by atoms with Crippen LogP contribution in [0.5, 0.6) is 0 Å². The maximum atomic E-state index is 14.3. The first-order chi connectivity index (χ1) is 17.4. The van der Waals surface area contributed by atoms with E-state index in [9.17, 15) is 19.3 Å². The van der Waals surface area contributed by atoms with Crippen LogP contribution in [0.15, 0.2) is 72.8 Å². The van der Waals surface area contributed by atoms with E-state index in [2.05, 4.69) is 29.2 Å². The maximum Gasteiger partial charge on any atom is 0.288 e.